The summed E-state index contributed by atoms with van der Waals surface area (Å²) in [6.45, 7) is 1.72. The molecule has 1 heterocycles. The van der Waals surface area contributed by atoms with Gasteiger partial charge in [-0.1, -0.05) is 48.5 Å². The lowest BCUT2D eigenvalue weighted by Gasteiger charge is -2.25. The lowest BCUT2D eigenvalue weighted by atomic mass is 10.1. The zero-order valence-electron chi connectivity index (χ0n) is 17.2. The lowest BCUT2D eigenvalue weighted by Crippen LogP contribution is -2.38. The molecule has 1 unspecified atom stereocenters. The van der Waals surface area contributed by atoms with E-state index in [0.29, 0.717) is 16.9 Å². The number of benzene rings is 2. The molecule has 0 fully saturated rings. The molecule has 0 saturated heterocycles. The fourth-order valence-electron chi connectivity index (χ4n) is 3.26. The van der Waals surface area contributed by atoms with Crippen molar-refractivity contribution in [3.8, 4) is 5.69 Å². The van der Waals surface area contributed by atoms with Crippen molar-refractivity contribution in [1.82, 2.24) is 13.7 Å². The highest BCUT2D eigenvalue weighted by Gasteiger charge is 2.32. The normalized spacial score (nSPS) is 12.7. The summed E-state index contributed by atoms with van der Waals surface area (Å²) in [6, 6.07) is 16.5. The van der Waals surface area contributed by atoms with E-state index in [-0.39, 0.29) is 5.69 Å². The van der Waals surface area contributed by atoms with Crippen LogP contribution in [0.3, 0.4) is 0 Å². The summed E-state index contributed by atoms with van der Waals surface area (Å²) in [4.78, 5) is 26.3. The molecule has 0 aliphatic heterocycles. The van der Waals surface area contributed by atoms with Crippen molar-refractivity contribution in [3.63, 3.8) is 0 Å². The minimum Gasteiger partial charge on any atom is -0.318 e. The van der Waals surface area contributed by atoms with Crippen molar-refractivity contribution in [2.45, 2.75) is 13.0 Å². The molecule has 0 aliphatic rings. The third-order valence-corrected chi connectivity index (χ3v) is 6.31. The number of rotatable bonds is 6. The molecule has 0 radical (unpaired) electrons. The summed E-state index contributed by atoms with van der Waals surface area (Å²) < 4.78 is 28.4. The molecule has 0 bridgehead atoms. The van der Waals surface area contributed by atoms with E-state index in [2.05, 4.69) is 5.32 Å². The van der Waals surface area contributed by atoms with Crippen LogP contribution in [0, 0.1) is 6.92 Å². The average molecular weight is 429 g/mol. The number of sulfonamides is 1. The van der Waals surface area contributed by atoms with Gasteiger partial charge in [-0.2, -0.15) is 4.31 Å². The summed E-state index contributed by atoms with van der Waals surface area (Å²) in [6.07, 6.45) is 1.03. The van der Waals surface area contributed by atoms with Gasteiger partial charge >= 0.3 is 0 Å². The molecule has 1 amide bonds. The Morgan fingerprint density at radius 3 is 2.10 bits per heavy atom. The third kappa shape index (κ3) is 4.07. The Labute approximate surface area is 175 Å². The molecule has 9 heteroatoms. The number of likely N-dealkylation sites (N-methyl/N-ethyl adjacent to an activating group) is 1. The van der Waals surface area contributed by atoms with Gasteiger partial charge in [0, 0.05) is 14.1 Å². The van der Waals surface area contributed by atoms with Gasteiger partial charge < -0.3 is 5.32 Å². The number of nitrogens with one attached hydrogen (secondary N) is 1. The summed E-state index contributed by atoms with van der Waals surface area (Å²) in [5.74, 6) is -0.611. The summed E-state index contributed by atoms with van der Waals surface area (Å²) in [5, 5.41) is 2.66. The van der Waals surface area contributed by atoms with Crippen LogP contribution in [0.2, 0.25) is 0 Å². The molecule has 0 aliphatic carbocycles. The largest absolute Gasteiger partial charge is 0.318 e. The van der Waals surface area contributed by atoms with E-state index in [4.69, 9.17) is 0 Å². The predicted octanol–water partition coefficient (Wildman–Crippen LogP) is 2.06. The Kier molecular flexibility index (Phi) is 5.95. The van der Waals surface area contributed by atoms with Gasteiger partial charge in [-0.05, 0) is 24.6 Å². The van der Waals surface area contributed by atoms with Crippen molar-refractivity contribution in [1.29, 1.82) is 0 Å². The van der Waals surface area contributed by atoms with Gasteiger partial charge in [0.15, 0.2) is 0 Å². The maximum absolute atomic E-state index is 13.2. The number of hydrogen-bond donors (Lipinski definition) is 1. The minimum absolute atomic E-state index is 0.106. The van der Waals surface area contributed by atoms with Gasteiger partial charge in [0.25, 0.3) is 5.56 Å². The van der Waals surface area contributed by atoms with E-state index in [1.807, 2.05) is 18.2 Å². The van der Waals surface area contributed by atoms with Crippen LogP contribution in [0.1, 0.15) is 17.3 Å². The molecule has 1 N–H and O–H groups in total. The molecule has 158 valence electrons. The van der Waals surface area contributed by atoms with Crippen molar-refractivity contribution in [3.05, 3.63) is 82.3 Å². The van der Waals surface area contributed by atoms with E-state index in [1.54, 1.807) is 61.1 Å². The number of carbonyl (C=O) groups excluding carboxylic acids is 1. The van der Waals surface area contributed by atoms with Crippen LogP contribution >= 0.6 is 0 Å². The van der Waals surface area contributed by atoms with E-state index in [1.165, 1.54) is 11.7 Å². The number of aromatic nitrogens is 2. The quantitative estimate of drug-likeness (QED) is 0.650. The molecule has 0 spiro atoms. The summed E-state index contributed by atoms with van der Waals surface area (Å²) in [5.41, 5.74) is 1.41. The minimum atomic E-state index is -3.67. The van der Waals surface area contributed by atoms with Crippen molar-refractivity contribution in [2.24, 2.45) is 7.05 Å². The van der Waals surface area contributed by atoms with Gasteiger partial charge in [-0.25, -0.2) is 13.1 Å². The number of hydrogen-bond acceptors (Lipinski definition) is 4. The van der Waals surface area contributed by atoms with E-state index in [9.17, 15) is 18.0 Å². The number of para-hydroxylation sites is 1. The van der Waals surface area contributed by atoms with Gasteiger partial charge in [0.2, 0.25) is 15.9 Å². The first-order valence-electron chi connectivity index (χ1n) is 9.25. The van der Waals surface area contributed by atoms with Crippen molar-refractivity contribution in [2.75, 3.05) is 18.6 Å². The van der Waals surface area contributed by atoms with Gasteiger partial charge in [-0.15, -0.1) is 0 Å². The van der Waals surface area contributed by atoms with Crippen molar-refractivity contribution >= 4 is 21.6 Å². The van der Waals surface area contributed by atoms with Crippen LogP contribution in [0.4, 0.5) is 5.69 Å². The zero-order valence-corrected chi connectivity index (χ0v) is 18.1. The number of anilines is 1. The Morgan fingerprint density at radius 2 is 1.57 bits per heavy atom. The molecule has 2 aromatic carbocycles. The molecule has 1 aromatic heterocycles. The van der Waals surface area contributed by atoms with Gasteiger partial charge in [-0.3, -0.25) is 14.3 Å². The maximum atomic E-state index is 13.2. The molecular formula is C21H24N4O4S. The molecule has 0 saturated carbocycles. The Morgan fingerprint density at radius 1 is 1.03 bits per heavy atom. The highest BCUT2D eigenvalue weighted by atomic mass is 32.2. The number of nitrogens with zero attached hydrogens (tertiary/aromatic N) is 3. The fraction of sp³-hybridized carbons (Fsp3) is 0.238. The predicted molar refractivity (Wildman–Crippen MR) is 116 cm³/mol. The molecule has 8 nitrogen and oxygen atoms in total. The smallest absolute Gasteiger partial charge is 0.295 e. The highest BCUT2D eigenvalue weighted by molar-refractivity contribution is 7.88. The van der Waals surface area contributed by atoms with E-state index >= 15 is 0 Å². The molecule has 3 rings (SSSR count). The lowest BCUT2D eigenvalue weighted by molar-refractivity contribution is -0.119. The SMILES string of the molecule is Cc1c(NC(=O)C(c2ccccc2)N(C)S(C)(=O)=O)c(=O)n(-c2ccccc2)n1C. The summed E-state index contributed by atoms with van der Waals surface area (Å²) in [7, 11) is -0.611. The number of amides is 1. The third-order valence-electron chi connectivity index (χ3n) is 5.05. The molecule has 30 heavy (non-hydrogen) atoms. The summed E-state index contributed by atoms with van der Waals surface area (Å²) >= 11 is 0. The van der Waals surface area contributed by atoms with Gasteiger partial charge in [0.1, 0.15) is 11.7 Å². The van der Waals surface area contributed by atoms with Crippen LogP contribution in [0.25, 0.3) is 5.69 Å². The maximum Gasteiger partial charge on any atom is 0.295 e. The van der Waals surface area contributed by atoms with E-state index < -0.39 is 27.5 Å². The Balaban J connectivity index is 2.04. The van der Waals surface area contributed by atoms with Gasteiger partial charge in [0.05, 0.1) is 17.6 Å². The first-order chi connectivity index (χ1) is 14.1. The second kappa shape index (κ2) is 8.29. The second-order valence-electron chi connectivity index (χ2n) is 7.02. The van der Waals surface area contributed by atoms with Crippen LogP contribution in [0.15, 0.2) is 65.5 Å². The standard InChI is InChI=1S/C21H24N4O4S/c1-15-18(21(27)25(23(15)2)17-13-9-6-10-14-17)22-20(26)19(24(3)30(4,28)29)16-11-7-5-8-12-16/h5-14,19H,1-4H3,(H,22,26). The van der Waals surface area contributed by atoms with Crippen LogP contribution in [-0.4, -0.2) is 41.3 Å². The van der Waals surface area contributed by atoms with Crippen LogP contribution in [0.5, 0.6) is 0 Å². The Bertz CT molecular complexity index is 1220. The molecule has 3 aromatic rings. The average Bonchev–Trinajstić information content (AvgIpc) is 2.92. The molecular weight excluding hydrogens is 404 g/mol. The zero-order chi connectivity index (χ0) is 22.1. The van der Waals surface area contributed by atoms with Crippen LogP contribution < -0.4 is 10.9 Å². The van der Waals surface area contributed by atoms with E-state index in [0.717, 1.165) is 10.6 Å². The first kappa shape index (κ1) is 21.5. The number of carbonyl (C=O) groups is 1. The fourth-order valence-corrected chi connectivity index (χ4v) is 3.86. The first-order valence-corrected chi connectivity index (χ1v) is 11.1. The second-order valence-corrected chi connectivity index (χ2v) is 9.06. The molecule has 1 atom stereocenters. The topological polar surface area (TPSA) is 93.4 Å². The van der Waals surface area contributed by atoms with Crippen molar-refractivity contribution < 1.29 is 13.2 Å². The monoisotopic (exact) mass is 428 g/mol. The highest BCUT2D eigenvalue weighted by Crippen LogP contribution is 2.24. The Hall–Kier alpha value is -3.17. The van der Waals surface area contributed by atoms with Crippen LogP contribution in [-0.2, 0) is 21.9 Å².